The lowest BCUT2D eigenvalue weighted by Gasteiger charge is -2.40. The van der Waals surface area contributed by atoms with E-state index in [0.29, 0.717) is 0 Å². The van der Waals surface area contributed by atoms with Gasteiger partial charge in [-0.15, -0.1) is 0 Å². The highest BCUT2D eigenvalue weighted by molar-refractivity contribution is 6.05. The quantitative estimate of drug-likeness (QED) is 0.162. The van der Waals surface area contributed by atoms with Gasteiger partial charge in [-0.1, -0.05) is 12.1 Å². The van der Waals surface area contributed by atoms with Gasteiger partial charge in [-0.25, -0.2) is 28.0 Å². The van der Waals surface area contributed by atoms with Gasteiger partial charge in [0.2, 0.25) is 0 Å². The average molecular weight is 660 g/mol. The largest absolute Gasteiger partial charge is 0.478 e. The third-order valence-corrected chi connectivity index (χ3v) is 6.42. The van der Waals surface area contributed by atoms with Crippen molar-refractivity contribution in [3.05, 3.63) is 104 Å². The van der Waals surface area contributed by atoms with Crippen LogP contribution in [0, 0.1) is 11.6 Å². The third-order valence-electron chi connectivity index (χ3n) is 6.42. The fourth-order valence-corrected chi connectivity index (χ4v) is 4.74. The van der Waals surface area contributed by atoms with E-state index in [-0.39, 0.29) is 24.3 Å². The predicted molar refractivity (Wildman–Crippen MR) is 123 cm³/mol. The molecule has 0 saturated heterocycles. The monoisotopic (exact) mass is 660 g/mol. The highest BCUT2D eigenvalue weighted by Crippen LogP contribution is 2.55. The maximum atomic E-state index is 15.6. The third kappa shape index (κ3) is 5.72. The Hall–Kier alpha value is -5.23. The molecule has 0 unspecified atom stereocenters. The summed E-state index contributed by atoms with van der Waals surface area (Å²) < 4.78 is 159. The molecule has 0 atom stereocenters. The van der Waals surface area contributed by atoms with Crippen molar-refractivity contribution in [3.63, 3.8) is 0 Å². The van der Waals surface area contributed by atoms with Gasteiger partial charge in [0.05, 0.1) is 22.3 Å². The molecule has 3 rings (SSSR count). The maximum Gasteiger partial charge on any atom is 0.416 e. The van der Waals surface area contributed by atoms with Gasteiger partial charge in [-0.3, -0.25) is 0 Å². The second-order valence-electron chi connectivity index (χ2n) is 8.95. The zero-order valence-electron chi connectivity index (χ0n) is 21.1. The normalized spacial score (nSPS) is 12.6. The molecular formula is C26H11F11O8. The van der Waals surface area contributed by atoms with Gasteiger partial charge in [-0.2, -0.15) is 39.5 Å². The summed E-state index contributed by atoms with van der Waals surface area (Å²) in [6, 6.07) is -2.63. The van der Waals surface area contributed by atoms with Crippen molar-refractivity contribution in [3.8, 4) is 0 Å². The molecule has 0 heterocycles. The maximum absolute atomic E-state index is 15.6. The first-order chi connectivity index (χ1) is 20.4. The summed E-state index contributed by atoms with van der Waals surface area (Å²) in [5.41, 5.74) is -25.3. The molecule has 0 fully saturated rings. The van der Waals surface area contributed by atoms with E-state index in [4.69, 9.17) is 0 Å². The standard InChI is InChI=1S/C26H11F11O8/c27-13-3-1-11(15(19(38)39)17(13)21(42)43)23(26(35,36)37,12-2-4-14(28)18(22(44)45)16(12)20(40)41)8-5-9(24(29,30)31)7-10(6-8)25(32,33)34/h1-7H,(H,38,39)(H,40,41)(H,42,43)(H,44,45). The molecule has 3 aromatic carbocycles. The zero-order chi connectivity index (χ0) is 34.6. The topological polar surface area (TPSA) is 149 Å². The summed E-state index contributed by atoms with van der Waals surface area (Å²) in [5.74, 6) is -14.8. The van der Waals surface area contributed by atoms with Crippen LogP contribution in [0.3, 0.4) is 0 Å². The Morgan fingerprint density at radius 1 is 0.467 bits per heavy atom. The van der Waals surface area contributed by atoms with Gasteiger partial charge in [0.15, 0.2) is 0 Å². The lowest BCUT2D eigenvalue weighted by molar-refractivity contribution is -0.168. The number of carboxylic acids is 4. The first-order valence-corrected chi connectivity index (χ1v) is 11.3. The van der Waals surface area contributed by atoms with Crippen LogP contribution in [0.2, 0.25) is 0 Å². The highest BCUT2D eigenvalue weighted by atomic mass is 19.4. The number of hydrogen-bond acceptors (Lipinski definition) is 4. The number of carbonyl (C=O) groups is 4. The van der Waals surface area contributed by atoms with Crippen LogP contribution in [0.25, 0.3) is 0 Å². The van der Waals surface area contributed by atoms with Crippen LogP contribution in [-0.2, 0) is 17.8 Å². The molecule has 0 aromatic heterocycles. The van der Waals surface area contributed by atoms with E-state index in [1.807, 2.05) is 0 Å². The SMILES string of the molecule is O=C(O)c1c(F)ccc(C(c2cc(C(F)(F)F)cc(C(F)(F)F)c2)(c2ccc(F)c(C(=O)O)c2C(=O)O)C(F)(F)F)c1C(=O)O. The van der Waals surface area contributed by atoms with Gasteiger partial charge >= 0.3 is 42.4 Å². The second-order valence-corrected chi connectivity index (χ2v) is 8.95. The Balaban J connectivity index is 2.95. The van der Waals surface area contributed by atoms with Gasteiger partial charge in [0, 0.05) is 0 Å². The van der Waals surface area contributed by atoms with Gasteiger partial charge in [-0.05, 0) is 47.0 Å². The van der Waals surface area contributed by atoms with Crippen molar-refractivity contribution in [1.82, 2.24) is 0 Å². The molecule has 0 spiro atoms. The summed E-state index contributed by atoms with van der Waals surface area (Å²) >= 11 is 0. The fraction of sp³-hybridized carbons (Fsp3) is 0.154. The van der Waals surface area contributed by atoms with Crippen LogP contribution in [-0.4, -0.2) is 50.5 Å². The number of aromatic carboxylic acids is 4. The van der Waals surface area contributed by atoms with Crippen LogP contribution in [0.4, 0.5) is 48.3 Å². The van der Waals surface area contributed by atoms with E-state index >= 15 is 13.2 Å². The Kier molecular flexibility index (Phi) is 8.41. The van der Waals surface area contributed by atoms with Gasteiger partial charge in [0.1, 0.15) is 28.2 Å². The van der Waals surface area contributed by atoms with Crippen LogP contribution < -0.4 is 0 Å². The summed E-state index contributed by atoms with van der Waals surface area (Å²) in [4.78, 5) is 48.0. The Morgan fingerprint density at radius 2 is 0.756 bits per heavy atom. The van der Waals surface area contributed by atoms with Gasteiger partial charge < -0.3 is 20.4 Å². The molecular weight excluding hydrogens is 649 g/mol. The van der Waals surface area contributed by atoms with Crippen molar-refractivity contribution >= 4 is 23.9 Å². The van der Waals surface area contributed by atoms with Crippen molar-refractivity contribution < 1.29 is 87.9 Å². The molecule has 0 amide bonds. The molecule has 0 bridgehead atoms. The molecule has 240 valence electrons. The first kappa shape index (κ1) is 34.3. The Morgan fingerprint density at radius 3 is 1.00 bits per heavy atom. The molecule has 8 nitrogen and oxygen atoms in total. The molecule has 0 aliphatic carbocycles. The smallest absolute Gasteiger partial charge is 0.416 e. The molecule has 0 radical (unpaired) electrons. The van der Waals surface area contributed by atoms with Gasteiger partial charge in [0.25, 0.3) is 0 Å². The molecule has 3 aromatic rings. The van der Waals surface area contributed by atoms with E-state index in [1.165, 1.54) is 0 Å². The van der Waals surface area contributed by atoms with Crippen molar-refractivity contribution in [2.24, 2.45) is 0 Å². The summed E-state index contributed by atoms with van der Waals surface area (Å²) in [6.45, 7) is 0. The fourth-order valence-electron chi connectivity index (χ4n) is 4.74. The van der Waals surface area contributed by atoms with Crippen LogP contribution >= 0.6 is 0 Å². The van der Waals surface area contributed by atoms with E-state index in [1.54, 1.807) is 0 Å². The number of halogens is 11. The van der Waals surface area contributed by atoms with Crippen LogP contribution in [0.15, 0.2) is 42.5 Å². The lowest BCUT2D eigenvalue weighted by Crippen LogP contribution is -2.47. The average Bonchev–Trinajstić information content (AvgIpc) is 2.87. The van der Waals surface area contributed by atoms with Crippen molar-refractivity contribution in [1.29, 1.82) is 0 Å². The van der Waals surface area contributed by atoms with Crippen molar-refractivity contribution in [2.45, 2.75) is 23.9 Å². The highest BCUT2D eigenvalue weighted by Gasteiger charge is 2.62. The van der Waals surface area contributed by atoms with E-state index in [0.717, 1.165) is 0 Å². The minimum Gasteiger partial charge on any atom is -0.478 e. The minimum atomic E-state index is -6.53. The van der Waals surface area contributed by atoms with E-state index in [2.05, 4.69) is 0 Å². The summed E-state index contributed by atoms with van der Waals surface area (Å²) in [6.07, 6.45) is -18.3. The summed E-state index contributed by atoms with van der Waals surface area (Å²) in [5, 5.41) is 38.3. The second kappa shape index (κ2) is 11.0. The number of hydrogen-bond donors (Lipinski definition) is 4. The van der Waals surface area contributed by atoms with E-state index < -0.39 is 128 Å². The number of alkyl halides is 9. The zero-order valence-corrected chi connectivity index (χ0v) is 21.1. The molecule has 45 heavy (non-hydrogen) atoms. The molecule has 19 heteroatoms. The Bertz CT molecular complexity index is 1640. The van der Waals surface area contributed by atoms with Crippen LogP contribution in [0.1, 0.15) is 69.2 Å². The first-order valence-electron chi connectivity index (χ1n) is 11.3. The number of rotatable bonds is 7. The predicted octanol–water partition coefficient (Wildman–Crippen LogP) is 6.69. The van der Waals surface area contributed by atoms with E-state index in [9.17, 15) is 74.7 Å². The minimum absolute atomic E-state index is 0.161. The number of carboxylic acid groups (broad SMARTS) is 4. The Labute approximate surface area is 240 Å². The molecule has 4 N–H and O–H groups in total. The molecule has 0 saturated carbocycles. The van der Waals surface area contributed by atoms with Crippen molar-refractivity contribution in [2.75, 3.05) is 0 Å². The lowest BCUT2D eigenvalue weighted by atomic mass is 9.64. The molecule has 0 aliphatic heterocycles. The van der Waals surface area contributed by atoms with Crippen LogP contribution in [0.5, 0.6) is 0 Å². The molecule has 0 aliphatic rings. The summed E-state index contributed by atoms with van der Waals surface area (Å²) in [7, 11) is 0. The number of benzene rings is 3.